The fraction of sp³-hybridized carbons (Fsp3) is 0.769. The predicted molar refractivity (Wildman–Crippen MR) is 81.1 cm³/mol. The minimum atomic E-state index is -0.482. The van der Waals surface area contributed by atoms with Crippen LogP contribution in [0.4, 0.5) is 10.2 Å². The quantitative estimate of drug-likeness (QED) is 0.676. The van der Waals surface area contributed by atoms with Gasteiger partial charge in [0.05, 0.1) is 0 Å². The van der Waals surface area contributed by atoms with Gasteiger partial charge in [0, 0.05) is 18.6 Å². The molecule has 0 aromatic carbocycles. The molecule has 1 unspecified atom stereocenters. The molecular weight excluding hydrogens is 299 g/mol. The van der Waals surface area contributed by atoms with Crippen molar-refractivity contribution >= 4 is 28.8 Å². The summed E-state index contributed by atoms with van der Waals surface area (Å²) in [5.41, 5.74) is 0. The van der Waals surface area contributed by atoms with E-state index in [1.54, 1.807) is 0 Å². The number of nitrogens with zero attached hydrogens (tertiary/aromatic N) is 1. The number of rotatable bonds is 7. The largest absolute Gasteiger partial charge is 0.368 e. The van der Waals surface area contributed by atoms with Gasteiger partial charge in [-0.15, -0.1) is 0 Å². The van der Waals surface area contributed by atoms with Crippen LogP contribution < -0.4 is 16.0 Å². The number of hydrogen-bond acceptors (Lipinski definition) is 5. The Labute approximate surface area is 127 Å². The van der Waals surface area contributed by atoms with Crippen LogP contribution in [0, 0.1) is 11.2 Å². The number of aromatic nitrogens is 1. The number of piperidine rings is 1. The molecule has 2 aliphatic rings. The molecule has 2 bridgehead atoms. The summed E-state index contributed by atoms with van der Waals surface area (Å²) in [6.07, 6.45) is 4.75. The van der Waals surface area contributed by atoms with E-state index in [0.29, 0.717) is 16.2 Å². The van der Waals surface area contributed by atoms with Crippen molar-refractivity contribution in [3.8, 4) is 0 Å². The SMILES string of the molecule is Fc1nc(NCCCCNC2C[C@@H]3C[C@H]2CN3)c(Cl)s1. The molecule has 3 N–H and O–H groups in total. The van der Waals surface area contributed by atoms with Gasteiger partial charge in [0.2, 0.25) is 0 Å². The number of hydrogen-bond donors (Lipinski definition) is 3. The first-order valence-electron chi connectivity index (χ1n) is 7.25. The van der Waals surface area contributed by atoms with Crippen LogP contribution in [0.25, 0.3) is 0 Å². The summed E-state index contributed by atoms with van der Waals surface area (Å²) >= 11 is 6.71. The zero-order chi connectivity index (χ0) is 13.9. The molecule has 112 valence electrons. The lowest BCUT2D eigenvalue weighted by atomic mass is 10.0. The summed E-state index contributed by atoms with van der Waals surface area (Å²) in [6.45, 7) is 3.01. The lowest BCUT2D eigenvalue weighted by Gasteiger charge is -2.23. The van der Waals surface area contributed by atoms with Gasteiger partial charge in [-0.2, -0.15) is 9.37 Å². The highest BCUT2D eigenvalue weighted by Gasteiger charge is 2.38. The van der Waals surface area contributed by atoms with Crippen LogP contribution in [0.15, 0.2) is 0 Å². The van der Waals surface area contributed by atoms with Crippen LogP contribution in [0.1, 0.15) is 25.7 Å². The molecule has 20 heavy (non-hydrogen) atoms. The highest BCUT2D eigenvalue weighted by Crippen LogP contribution is 2.31. The van der Waals surface area contributed by atoms with E-state index in [9.17, 15) is 4.39 Å². The molecule has 1 saturated carbocycles. The Kier molecular flexibility index (Phi) is 4.75. The van der Waals surface area contributed by atoms with E-state index in [4.69, 9.17) is 11.6 Å². The molecule has 1 saturated heterocycles. The van der Waals surface area contributed by atoms with Crippen LogP contribution in [0.5, 0.6) is 0 Å². The molecule has 3 atom stereocenters. The molecule has 0 spiro atoms. The van der Waals surface area contributed by atoms with E-state index in [-0.39, 0.29) is 0 Å². The van der Waals surface area contributed by atoms with Crippen molar-refractivity contribution in [2.75, 3.05) is 25.0 Å². The van der Waals surface area contributed by atoms with Gasteiger partial charge in [0.25, 0.3) is 5.26 Å². The van der Waals surface area contributed by atoms with Crippen LogP contribution in [0.3, 0.4) is 0 Å². The normalized spacial score (nSPS) is 28.2. The molecule has 1 aromatic heterocycles. The van der Waals surface area contributed by atoms with E-state index in [2.05, 4.69) is 20.9 Å². The molecule has 0 amide bonds. The Morgan fingerprint density at radius 1 is 1.35 bits per heavy atom. The van der Waals surface area contributed by atoms with Crippen molar-refractivity contribution in [1.29, 1.82) is 0 Å². The summed E-state index contributed by atoms with van der Waals surface area (Å²) in [6, 6.07) is 1.46. The van der Waals surface area contributed by atoms with E-state index >= 15 is 0 Å². The molecule has 2 heterocycles. The highest BCUT2D eigenvalue weighted by molar-refractivity contribution is 7.15. The Morgan fingerprint density at radius 2 is 2.20 bits per heavy atom. The van der Waals surface area contributed by atoms with Gasteiger partial charge in [-0.25, -0.2) is 0 Å². The van der Waals surface area contributed by atoms with Crippen LogP contribution >= 0.6 is 22.9 Å². The van der Waals surface area contributed by atoms with Gasteiger partial charge in [-0.3, -0.25) is 0 Å². The molecule has 1 aliphatic heterocycles. The first-order valence-corrected chi connectivity index (χ1v) is 8.44. The van der Waals surface area contributed by atoms with Crippen LogP contribution in [-0.2, 0) is 0 Å². The summed E-state index contributed by atoms with van der Waals surface area (Å²) < 4.78 is 13.2. The monoisotopic (exact) mass is 318 g/mol. The summed E-state index contributed by atoms with van der Waals surface area (Å²) in [4.78, 5) is 3.70. The molecule has 2 fully saturated rings. The maximum absolute atomic E-state index is 12.8. The van der Waals surface area contributed by atoms with Crippen LogP contribution in [-0.4, -0.2) is 36.7 Å². The number of fused-ring (bicyclic) bond motifs is 2. The number of nitrogens with one attached hydrogen (secondary N) is 3. The molecule has 4 nitrogen and oxygen atoms in total. The van der Waals surface area contributed by atoms with Crippen molar-refractivity contribution in [3.63, 3.8) is 0 Å². The fourth-order valence-corrected chi connectivity index (χ4v) is 4.01. The van der Waals surface area contributed by atoms with E-state index in [0.717, 1.165) is 49.2 Å². The molecule has 0 radical (unpaired) electrons. The maximum atomic E-state index is 12.8. The van der Waals surface area contributed by atoms with Crippen LogP contribution in [0.2, 0.25) is 4.34 Å². The van der Waals surface area contributed by atoms with Gasteiger partial charge >= 0.3 is 0 Å². The van der Waals surface area contributed by atoms with Crippen molar-refractivity contribution in [2.45, 2.75) is 37.8 Å². The zero-order valence-electron chi connectivity index (χ0n) is 11.3. The second-order valence-electron chi connectivity index (χ2n) is 5.62. The first kappa shape index (κ1) is 14.5. The minimum Gasteiger partial charge on any atom is -0.368 e. The van der Waals surface area contributed by atoms with Gasteiger partial charge < -0.3 is 16.0 Å². The average Bonchev–Trinajstić information content (AvgIpc) is 3.10. The summed E-state index contributed by atoms with van der Waals surface area (Å²) in [7, 11) is 0. The maximum Gasteiger partial charge on any atom is 0.272 e. The number of unbranched alkanes of at least 4 members (excludes halogenated alkanes) is 1. The number of anilines is 1. The van der Waals surface area contributed by atoms with Gasteiger partial charge in [0.1, 0.15) is 4.34 Å². The minimum absolute atomic E-state index is 0.398. The molecule has 1 aliphatic carbocycles. The van der Waals surface area contributed by atoms with E-state index in [1.165, 1.54) is 19.4 Å². The lowest BCUT2D eigenvalue weighted by molar-refractivity contribution is 0.366. The standard InChI is InChI=1S/C13H20ClFN4S/c14-11-12(19-13(15)20-11)17-4-2-1-3-16-10-6-9-5-8(10)7-18-9/h8-10,16-18H,1-7H2/t8-,9-,10?/m0/s1. The number of halogens is 2. The van der Waals surface area contributed by atoms with Crippen molar-refractivity contribution in [2.24, 2.45) is 5.92 Å². The van der Waals surface area contributed by atoms with Crippen molar-refractivity contribution in [1.82, 2.24) is 15.6 Å². The van der Waals surface area contributed by atoms with E-state index < -0.39 is 5.26 Å². The molecule has 1 aromatic rings. The fourth-order valence-electron chi connectivity index (χ4n) is 3.22. The first-order chi connectivity index (χ1) is 9.72. The van der Waals surface area contributed by atoms with E-state index in [1.807, 2.05) is 0 Å². The second kappa shape index (κ2) is 6.56. The summed E-state index contributed by atoms with van der Waals surface area (Å²) in [5, 5.41) is 9.78. The number of thiazole rings is 1. The Bertz CT molecular complexity index is 456. The highest BCUT2D eigenvalue weighted by atomic mass is 35.5. The third kappa shape index (κ3) is 3.42. The average molecular weight is 319 g/mol. The molecular formula is C13H20ClFN4S. The Balaban J connectivity index is 1.26. The molecule has 3 rings (SSSR count). The predicted octanol–water partition coefficient (Wildman–Crippen LogP) is 2.47. The zero-order valence-corrected chi connectivity index (χ0v) is 12.9. The van der Waals surface area contributed by atoms with Gasteiger partial charge in [-0.1, -0.05) is 22.9 Å². The Hall–Kier alpha value is -0.430. The topological polar surface area (TPSA) is 49.0 Å². The summed E-state index contributed by atoms with van der Waals surface area (Å²) in [5.74, 6) is 1.30. The lowest BCUT2D eigenvalue weighted by Crippen LogP contribution is -2.41. The van der Waals surface area contributed by atoms with Gasteiger partial charge in [-0.05, 0) is 44.7 Å². The second-order valence-corrected chi connectivity index (χ2v) is 7.17. The third-order valence-corrected chi connectivity index (χ3v) is 5.27. The molecule has 7 heteroatoms. The van der Waals surface area contributed by atoms with Crippen molar-refractivity contribution in [3.05, 3.63) is 9.60 Å². The van der Waals surface area contributed by atoms with Gasteiger partial charge in [0.15, 0.2) is 5.82 Å². The van der Waals surface area contributed by atoms with Crippen molar-refractivity contribution < 1.29 is 4.39 Å². The smallest absolute Gasteiger partial charge is 0.272 e. The Morgan fingerprint density at radius 3 is 2.85 bits per heavy atom. The third-order valence-electron chi connectivity index (χ3n) is 4.23.